The number of aryl methyl sites for hydroxylation is 1. The van der Waals surface area contributed by atoms with Gasteiger partial charge in [-0.05, 0) is 48.4 Å². The molecule has 0 fully saturated rings. The standard InChI is InChI=1S/C25H21ClFN3O3S/c1-15-11-21(22(33-2)12-19(15)26)28-23(31)14-34-25-29-20-6-4-3-5-18(20)24(32)30(25)13-16-7-9-17(27)10-8-16/h3-12H,13-14H2,1-2H3,(H,28,31). The number of para-hydroxylation sites is 1. The fraction of sp³-hybridized carbons (Fsp3) is 0.160. The van der Waals surface area contributed by atoms with E-state index in [0.29, 0.717) is 32.5 Å². The van der Waals surface area contributed by atoms with Gasteiger partial charge < -0.3 is 10.1 Å². The molecule has 0 aliphatic rings. The van der Waals surface area contributed by atoms with Crippen molar-refractivity contribution in [2.24, 2.45) is 0 Å². The Kier molecular flexibility index (Phi) is 7.19. The van der Waals surface area contributed by atoms with Crippen LogP contribution in [-0.4, -0.2) is 28.3 Å². The molecular formula is C25H21ClFN3O3S. The summed E-state index contributed by atoms with van der Waals surface area (Å²) < 4.78 is 20.1. The molecule has 0 bridgehead atoms. The molecule has 9 heteroatoms. The highest BCUT2D eigenvalue weighted by Crippen LogP contribution is 2.31. The Bertz CT molecular complexity index is 1420. The summed E-state index contributed by atoms with van der Waals surface area (Å²) in [4.78, 5) is 30.6. The van der Waals surface area contributed by atoms with Crippen molar-refractivity contribution in [1.82, 2.24) is 9.55 Å². The number of nitrogens with zero attached hydrogens (tertiary/aromatic N) is 2. The summed E-state index contributed by atoms with van der Waals surface area (Å²) in [6, 6.07) is 16.3. The molecule has 3 aromatic carbocycles. The van der Waals surface area contributed by atoms with Crippen LogP contribution in [0.2, 0.25) is 5.02 Å². The van der Waals surface area contributed by atoms with Gasteiger partial charge in [-0.3, -0.25) is 14.2 Å². The Morgan fingerprint density at radius 2 is 1.91 bits per heavy atom. The molecule has 1 N–H and O–H groups in total. The Hall–Kier alpha value is -3.36. The molecule has 0 saturated heterocycles. The van der Waals surface area contributed by atoms with Crippen molar-refractivity contribution in [1.29, 1.82) is 0 Å². The van der Waals surface area contributed by atoms with E-state index >= 15 is 0 Å². The van der Waals surface area contributed by atoms with Gasteiger partial charge >= 0.3 is 0 Å². The van der Waals surface area contributed by atoms with Crippen LogP contribution in [0.3, 0.4) is 0 Å². The van der Waals surface area contributed by atoms with Crippen LogP contribution in [0.15, 0.2) is 70.6 Å². The zero-order valence-electron chi connectivity index (χ0n) is 18.5. The molecular weight excluding hydrogens is 477 g/mol. The first-order chi connectivity index (χ1) is 16.4. The fourth-order valence-corrected chi connectivity index (χ4v) is 4.37. The number of nitrogens with one attached hydrogen (secondary N) is 1. The maximum Gasteiger partial charge on any atom is 0.262 e. The normalized spacial score (nSPS) is 10.9. The average Bonchev–Trinajstić information content (AvgIpc) is 2.83. The molecule has 174 valence electrons. The van der Waals surface area contributed by atoms with Crippen molar-refractivity contribution < 1.29 is 13.9 Å². The molecule has 1 aromatic heterocycles. The van der Waals surface area contributed by atoms with Crippen LogP contribution >= 0.6 is 23.4 Å². The first-order valence-electron chi connectivity index (χ1n) is 10.4. The van der Waals surface area contributed by atoms with Crippen LogP contribution in [-0.2, 0) is 11.3 Å². The van der Waals surface area contributed by atoms with E-state index in [4.69, 9.17) is 16.3 Å². The Morgan fingerprint density at radius 3 is 2.65 bits per heavy atom. The Labute approximate surface area is 204 Å². The first-order valence-corrected chi connectivity index (χ1v) is 11.7. The number of thioether (sulfide) groups is 1. The number of aromatic nitrogens is 2. The van der Waals surface area contributed by atoms with Gasteiger partial charge in [-0.2, -0.15) is 0 Å². The highest BCUT2D eigenvalue weighted by Gasteiger charge is 2.15. The van der Waals surface area contributed by atoms with Gasteiger partial charge in [0.25, 0.3) is 5.56 Å². The molecule has 0 spiro atoms. The predicted octanol–water partition coefficient (Wildman–Crippen LogP) is 5.29. The van der Waals surface area contributed by atoms with Gasteiger partial charge in [0.1, 0.15) is 11.6 Å². The van der Waals surface area contributed by atoms with E-state index in [9.17, 15) is 14.0 Å². The lowest BCUT2D eigenvalue weighted by Gasteiger charge is -2.14. The van der Waals surface area contributed by atoms with Crippen molar-refractivity contribution in [3.8, 4) is 5.75 Å². The Balaban J connectivity index is 1.61. The molecule has 0 aliphatic carbocycles. The number of rotatable bonds is 7. The molecule has 0 unspecified atom stereocenters. The van der Waals surface area contributed by atoms with Crippen LogP contribution in [0, 0.1) is 12.7 Å². The molecule has 0 atom stereocenters. The van der Waals surface area contributed by atoms with Crippen LogP contribution < -0.4 is 15.6 Å². The molecule has 4 aromatic rings. The highest BCUT2D eigenvalue weighted by atomic mass is 35.5. The van der Waals surface area contributed by atoms with Crippen molar-refractivity contribution in [3.05, 3.63) is 93.0 Å². The zero-order valence-corrected chi connectivity index (χ0v) is 20.0. The molecule has 34 heavy (non-hydrogen) atoms. The topological polar surface area (TPSA) is 73.2 Å². The lowest BCUT2D eigenvalue weighted by Crippen LogP contribution is -2.25. The summed E-state index contributed by atoms with van der Waals surface area (Å²) in [6.45, 7) is 2.03. The molecule has 6 nitrogen and oxygen atoms in total. The number of carbonyl (C=O) groups is 1. The third-order valence-electron chi connectivity index (χ3n) is 5.17. The largest absolute Gasteiger partial charge is 0.495 e. The van der Waals surface area contributed by atoms with Crippen LogP contribution in [0.25, 0.3) is 10.9 Å². The minimum absolute atomic E-state index is 0.0129. The number of amides is 1. The fourth-order valence-electron chi connectivity index (χ4n) is 3.42. The third kappa shape index (κ3) is 5.24. The van der Waals surface area contributed by atoms with Crippen molar-refractivity contribution in [3.63, 3.8) is 0 Å². The monoisotopic (exact) mass is 497 g/mol. The maximum atomic E-state index is 13.3. The first kappa shape index (κ1) is 23.8. The van der Waals surface area contributed by atoms with E-state index in [0.717, 1.165) is 22.9 Å². The number of methoxy groups -OCH3 is 1. The number of hydrogen-bond acceptors (Lipinski definition) is 5. The summed E-state index contributed by atoms with van der Waals surface area (Å²) in [6.07, 6.45) is 0. The van der Waals surface area contributed by atoms with Crippen molar-refractivity contribution in [2.45, 2.75) is 18.6 Å². The Morgan fingerprint density at radius 1 is 1.18 bits per heavy atom. The zero-order chi connectivity index (χ0) is 24.2. The van der Waals surface area contributed by atoms with Crippen molar-refractivity contribution >= 4 is 45.9 Å². The van der Waals surface area contributed by atoms with Gasteiger partial charge in [0.05, 0.1) is 36.0 Å². The van der Waals surface area contributed by atoms with E-state index in [1.54, 1.807) is 48.5 Å². The number of hydrogen-bond donors (Lipinski definition) is 1. The van der Waals surface area contributed by atoms with Crippen LogP contribution in [0.5, 0.6) is 5.75 Å². The summed E-state index contributed by atoms with van der Waals surface area (Å²) in [5, 5.41) is 4.23. The average molecular weight is 498 g/mol. The van der Waals surface area contributed by atoms with E-state index in [2.05, 4.69) is 10.3 Å². The van der Waals surface area contributed by atoms with Gasteiger partial charge in [0, 0.05) is 11.1 Å². The number of fused-ring (bicyclic) bond motifs is 1. The lowest BCUT2D eigenvalue weighted by atomic mass is 10.2. The lowest BCUT2D eigenvalue weighted by molar-refractivity contribution is -0.113. The van der Waals surface area contributed by atoms with E-state index < -0.39 is 0 Å². The second-order valence-electron chi connectivity index (χ2n) is 7.57. The molecule has 1 amide bonds. The van der Waals surface area contributed by atoms with E-state index in [1.165, 1.54) is 23.8 Å². The van der Waals surface area contributed by atoms with Gasteiger partial charge in [-0.15, -0.1) is 0 Å². The van der Waals surface area contributed by atoms with Crippen molar-refractivity contribution in [2.75, 3.05) is 18.2 Å². The number of halogens is 2. The molecule has 0 saturated carbocycles. The quantitative estimate of drug-likeness (QED) is 0.277. The van der Waals surface area contributed by atoms with E-state index in [-0.39, 0.29) is 29.6 Å². The minimum atomic E-state index is -0.355. The summed E-state index contributed by atoms with van der Waals surface area (Å²) in [5.74, 6) is -0.183. The molecule has 4 rings (SSSR count). The second-order valence-corrected chi connectivity index (χ2v) is 8.92. The predicted molar refractivity (Wildman–Crippen MR) is 134 cm³/mol. The summed E-state index contributed by atoms with van der Waals surface area (Å²) in [7, 11) is 1.50. The minimum Gasteiger partial charge on any atom is -0.495 e. The van der Waals surface area contributed by atoms with Gasteiger partial charge in [0.2, 0.25) is 5.91 Å². The maximum absolute atomic E-state index is 13.3. The summed E-state index contributed by atoms with van der Waals surface area (Å²) in [5.41, 5.74) is 2.36. The SMILES string of the molecule is COc1cc(Cl)c(C)cc1NC(=O)CSc1nc2ccccc2c(=O)n1Cc1ccc(F)cc1. The number of anilines is 1. The van der Waals surface area contributed by atoms with Gasteiger partial charge in [-0.25, -0.2) is 9.37 Å². The van der Waals surface area contributed by atoms with Gasteiger partial charge in [0.15, 0.2) is 5.16 Å². The second kappa shape index (κ2) is 10.3. The highest BCUT2D eigenvalue weighted by molar-refractivity contribution is 7.99. The number of carbonyl (C=O) groups excluding carboxylic acids is 1. The number of benzene rings is 3. The number of ether oxygens (including phenoxy) is 1. The van der Waals surface area contributed by atoms with E-state index in [1.807, 2.05) is 6.92 Å². The summed E-state index contributed by atoms with van der Waals surface area (Å²) >= 11 is 7.28. The molecule has 0 aliphatic heterocycles. The molecule has 1 heterocycles. The third-order valence-corrected chi connectivity index (χ3v) is 6.55. The molecule has 0 radical (unpaired) electrons. The van der Waals surface area contributed by atoms with Gasteiger partial charge in [-0.1, -0.05) is 47.6 Å². The smallest absolute Gasteiger partial charge is 0.262 e. The van der Waals surface area contributed by atoms with Crippen LogP contribution in [0.4, 0.5) is 10.1 Å². The van der Waals surface area contributed by atoms with Crippen LogP contribution in [0.1, 0.15) is 11.1 Å².